The van der Waals surface area contributed by atoms with Crippen LogP contribution in [-0.4, -0.2) is 74.3 Å². The molecule has 0 aromatic rings. The summed E-state index contributed by atoms with van der Waals surface area (Å²) in [6.07, 6.45) is 84.1. The molecule has 0 radical (unpaired) electrons. The molecule has 9 nitrogen and oxygen atoms in total. The van der Waals surface area contributed by atoms with Crippen molar-refractivity contribution in [3.8, 4) is 0 Å². The number of carbonyl (C=O) groups excluding carboxylic acids is 2. The number of hydrogen-bond donors (Lipinski definition) is 2. The van der Waals surface area contributed by atoms with Gasteiger partial charge in [-0.25, -0.2) is 4.57 Å². The summed E-state index contributed by atoms with van der Waals surface area (Å²) in [4.78, 5) is 37.9. The molecule has 0 saturated carbocycles. The van der Waals surface area contributed by atoms with Crippen LogP contribution < -0.4 is 5.32 Å². The van der Waals surface area contributed by atoms with Gasteiger partial charge in [0.1, 0.15) is 19.3 Å². The maximum Gasteiger partial charge on any atom is 0.472 e. The highest BCUT2D eigenvalue weighted by atomic mass is 31.2. The zero-order chi connectivity index (χ0) is 60.7. The Labute approximate surface area is 513 Å². The number of allylic oxidation sites excluding steroid dienone is 15. The number of amides is 1. The Balaban J connectivity index is 5.09. The second-order valence-electron chi connectivity index (χ2n) is 24.3. The van der Waals surface area contributed by atoms with E-state index in [9.17, 15) is 19.0 Å². The molecule has 0 rings (SSSR count). The van der Waals surface area contributed by atoms with E-state index >= 15 is 0 Å². The number of likely N-dealkylation sites (N-methyl/N-ethyl adjacent to an activating group) is 1. The molecule has 0 aliphatic rings. The summed E-state index contributed by atoms with van der Waals surface area (Å²) in [5.74, 6) is -0.516. The summed E-state index contributed by atoms with van der Waals surface area (Å²) < 4.78 is 30.8. The molecule has 2 N–H and O–H groups in total. The van der Waals surface area contributed by atoms with Gasteiger partial charge in [0.05, 0.1) is 33.8 Å². The van der Waals surface area contributed by atoms with Crippen LogP contribution in [0.1, 0.15) is 303 Å². The summed E-state index contributed by atoms with van der Waals surface area (Å²) in [5, 5.41) is 3.06. The van der Waals surface area contributed by atoms with Gasteiger partial charge in [-0.1, -0.05) is 279 Å². The van der Waals surface area contributed by atoms with Crippen LogP contribution in [0.15, 0.2) is 97.2 Å². The van der Waals surface area contributed by atoms with E-state index < -0.39 is 20.0 Å². The molecular formula is C73H132N2O7P+. The van der Waals surface area contributed by atoms with Crippen LogP contribution in [0.4, 0.5) is 0 Å². The normalized spacial score (nSPS) is 14.2. The van der Waals surface area contributed by atoms with Crippen molar-refractivity contribution in [3.63, 3.8) is 0 Å². The van der Waals surface area contributed by atoms with Crippen LogP contribution in [0.25, 0.3) is 0 Å². The average molecular weight is 1180 g/mol. The molecule has 0 saturated heterocycles. The maximum atomic E-state index is 13.6. The number of carbonyl (C=O) groups is 2. The predicted molar refractivity (Wildman–Crippen MR) is 360 cm³/mol. The van der Waals surface area contributed by atoms with E-state index in [0.717, 1.165) is 109 Å². The molecule has 0 aliphatic heterocycles. The molecule has 0 aliphatic carbocycles. The average Bonchev–Trinajstić information content (AvgIpc) is 3.51. The number of phosphoric acid groups is 1. The van der Waals surface area contributed by atoms with Crippen LogP contribution in [0.2, 0.25) is 0 Å². The zero-order valence-corrected chi connectivity index (χ0v) is 55.8. The van der Waals surface area contributed by atoms with Gasteiger partial charge in [0.25, 0.3) is 0 Å². The first-order chi connectivity index (χ1) is 40.4. The molecule has 3 atom stereocenters. The second-order valence-corrected chi connectivity index (χ2v) is 25.8. The van der Waals surface area contributed by atoms with Crippen LogP contribution in [0.3, 0.4) is 0 Å². The lowest BCUT2D eigenvalue weighted by molar-refractivity contribution is -0.870. The minimum Gasteiger partial charge on any atom is -0.456 e. The lowest BCUT2D eigenvalue weighted by Gasteiger charge is -2.27. The Kier molecular flexibility index (Phi) is 59.7. The quantitative estimate of drug-likeness (QED) is 0.0205. The fourth-order valence-electron chi connectivity index (χ4n) is 9.70. The van der Waals surface area contributed by atoms with Gasteiger partial charge in [0.2, 0.25) is 5.91 Å². The molecule has 0 spiro atoms. The van der Waals surface area contributed by atoms with Crippen LogP contribution in [0.5, 0.6) is 0 Å². The molecule has 0 fully saturated rings. The van der Waals surface area contributed by atoms with Crippen molar-refractivity contribution < 1.29 is 37.3 Å². The molecular weight excluding hydrogens is 1050 g/mol. The highest BCUT2D eigenvalue weighted by molar-refractivity contribution is 7.47. The molecule has 1 amide bonds. The molecule has 0 aromatic heterocycles. The largest absolute Gasteiger partial charge is 0.472 e. The van der Waals surface area contributed by atoms with E-state index in [2.05, 4.69) is 111 Å². The van der Waals surface area contributed by atoms with E-state index in [-0.39, 0.29) is 31.5 Å². The van der Waals surface area contributed by atoms with Gasteiger partial charge in [0.15, 0.2) is 0 Å². The molecule has 0 aromatic carbocycles. The van der Waals surface area contributed by atoms with Gasteiger partial charge in [-0.2, -0.15) is 0 Å². The van der Waals surface area contributed by atoms with Gasteiger partial charge >= 0.3 is 13.8 Å². The minimum atomic E-state index is -4.46. The predicted octanol–water partition coefficient (Wildman–Crippen LogP) is 21.9. The van der Waals surface area contributed by atoms with Crippen LogP contribution >= 0.6 is 7.82 Å². The lowest BCUT2D eigenvalue weighted by atomic mass is 10.0. The zero-order valence-electron chi connectivity index (χ0n) is 54.9. The van der Waals surface area contributed by atoms with E-state index in [1.54, 1.807) is 0 Å². The van der Waals surface area contributed by atoms with Crippen LogP contribution in [-0.2, 0) is 27.9 Å². The second kappa shape index (κ2) is 62.0. The van der Waals surface area contributed by atoms with Gasteiger partial charge in [-0.3, -0.25) is 18.6 Å². The van der Waals surface area contributed by atoms with Crippen molar-refractivity contribution in [2.75, 3.05) is 40.9 Å². The fraction of sp³-hybridized carbons (Fsp3) is 0.753. The van der Waals surface area contributed by atoms with Gasteiger partial charge in [-0.15, -0.1) is 0 Å². The molecule has 83 heavy (non-hydrogen) atoms. The number of unbranched alkanes of at least 4 members (excludes halogenated alkanes) is 32. The van der Waals surface area contributed by atoms with Gasteiger partial charge < -0.3 is 19.4 Å². The third kappa shape index (κ3) is 63.3. The monoisotopic (exact) mass is 1180 g/mol. The Bertz CT molecular complexity index is 1740. The molecule has 0 heterocycles. The molecule has 0 bridgehead atoms. The van der Waals surface area contributed by atoms with Crippen molar-refractivity contribution in [2.24, 2.45) is 0 Å². The number of esters is 1. The lowest BCUT2D eigenvalue weighted by Crippen LogP contribution is -2.47. The molecule has 10 heteroatoms. The third-order valence-electron chi connectivity index (χ3n) is 15.0. The molecule has 480 valence electrons. The number of hydrogen-bond acceptors (Lipinski definition) is 6. The first kappa shape index (κ1) is 79.9. The van der Waals surface area contributed by atoms with Gasteiger partial charge in [-0.05, 0) is 109 Å². The summed E-state index contributed by atoms with van der Waals surface area (Å²) in [6, 6.07) is -0.859. The first-order valence-electron chi connectivity index (χ1n) is 34.6. The van der Waals surface area contributed by atoms with Crippen LogP contribution in [0, 0.1) is 0 Å². The Morgan fingerprint density at radius 3 is 1.18 bits per heavy atom. The van der Waals surface area contributed by atoms with Gasteiger partial charge in [0, 0.05) is 12.8 Å². The van der Waals surface area contributed by atoms with Crippen molar-refractivity contribution in [2.45, 2.75) is 315 Å². The SMILES string of the molecule is CC/C=C\C/C=C\C/C=C\C/C=C\C/C=C\CCCCCCCCCC(=O)OC(/C=C/CCCCCCCCCCC)C(COP(=O)(O)OCC[N+](C)(C)C)NC(=O)CCCCCCCCCCCCCCC/C=C\C/C=C\CCCCC. The number of nitrogens with one attached hydrogen (secondary N) is 1. The van der Waals surface area contributed by atoms with E-state index in [0.29, 0.717) is 17.4 Å². The Morgan fingerprint density at radius 1 is 0.434 bits per heavy atom. The minimum absolute atomic E-state index is 0.0347. The first-order valence-corrected chi connectivity index (χ1v) is 36.1. The summed E-state index contributed by atoms with van der Waals surface area (Å²) >= 11 is 0. The third-order valence-corrected chi connectivity index (χ3v) is 16.0. The topological polar surface area (TPSA) is 111 Å². The standard InChI is InChI=1S/C73H131N2O7P/c1-7-10-13-16-19-22-25-27-29-31-33-35-37-39-41-43-45-47-50-53-56-59-62-65-72(76)74-70(69-81-83(78,79)80-68-67-75(4,5)6)71(64-61-58-55-52-49-24-21-18-15-12-9-3)82-73(77)66-63-60-57-54-51-48-46-44-42-40-38-36-34-32-30-28-26-23-20-17-14-11-8-2/h11,14,19-20,22-23,27-30,34,36,40,42,61,64,70-71H,7-10,12-13,15-18,21,24-26,31-33,35,37-39,41,43-60,62-63,65-69H2,1-6H3,(H-,74,76,78,79)/p+1/b14-11-,22-19-,23-20-,29-27-,30-28-,36-34-,42-40-,64-61+. The summed E-state index contributed by atoms with van der Waals surface area (Å²) in [5.41, 5.74) is 0. The number of phosphoric ester groups is 1. The van der Waals surface area contributed by atoms with Crippen molar-refractivity contribution >= 4 is 19.7 Å². The van der Waals surface area contributed by atoms with E-state index in [1.165, 1.54) is 161 Å². The highest BCUT2D eigenvalue weighted by Crippen LogP contribution is 2.43. The Hall–Kier alpha value is -3.07. The number of nitrogens with zero attached hydrogens (tertiary/aromatic N) is 1. The van der Waals surface area contributed by atoms with Crippen molar-refractivity contribution in [1.82, 2.24) is 5.32 Å². The number of quaternary nitrogens is 1. The number of rotatable bonds is 62. The number of ether oxygens (including phenoxy) is 1. The molecule has 3 unspecified atom stereocenters. The highest BCUT2D eigenvalue weighted by Gasteiger charge is 2.30. The smallest absolute Gasteiger partial charge is 0.456 e. The van der Waals surface area contributed by atoms with E-state index in [1.807, 2.05) is 33.3 Å². The van der Waals surface area contributed by atoms with Crippen molar-refractivity contribution in [3.05, 3.63) is 97.2 Å². The maximum absolute atomic E-state index is 13.6. The summed E-state index contributed by atoms with van der Waals surface area (Å²) in [7, 11) is 1.48. The van der Waals surface area contributed by atoms with Crippen molar-refractivity contribution in [1.29, 1.82) is 0 Å². The fourth-order valence-corrected chi connectivity index (χ4v) is 10.4. The van der Waals surface area contributed by atoms with E-state index in [4.69, 9.17) is 13.8 Å². The summed E-state index contributed by atoms with van der Waals surface area (Å²) in [6.45, 7) is 6.88. The Morgan fingerprint density at radius 2 is 0.771 bits per heavy atom.